The summed E-state index contributed by atoms with van der Waals surface area (Å²) in [6.45, 7) is 6.49. The van der Waals surface area contributed by atoms with Crippen LogP contribution in [-0.2, 0) is 0 Å². The monoisotopic (exact) mass is 248 g/mol. The van der Waals surface area contributed by atoms with Crippen LogP contribution < -0.4 is 10.5 Å². The highest BCUT2D eigenvalue weighted by atomic mass is 16.5. The average Bonchev–Trinajstić information content (AvgIpc) is 2.83. The Hall–Kier alpha value is -1.06. The fourth-order valence-electron chi connectivity index (χ4n) is 2.92. The predicted octanol–water partition coefficient (Wildman–Crippen LogP) is 2.49. The molecule has 2 atom stereocenters. The predicted molar refractivity (Wildman–Crippen MR) is 74.9 cm³/mol. The van der Waals surface area contributed by atoms with Crippen LogP contribution in [0.25, 0.3) is 0 Å². The van der Waals surface area contributed by atoms with E-state index < -0.39 is 0 Å². The third-order valence-corrected chi connectivity index (χ3v) is 3.74. The smallest absolute Gasteiger partial charge is 0.123 e. The number of nitrogens with zero attached hydrogens (tertiary/aromatic N) is 1. The molecule has 2 unspecified atom stereocenters. The standard InChI is InChI=1S/C15H24N2O/c1-11-6-7-14(18-3)13(10-11)15(12(2)16)17-8-4-5-9-17/h6-7,10,12,15H,4-5,8-9,16H2,1-3H3. The van der Waals surface area contributed by atoms with E-state index in [0.717, 1.165) is 18.8 Å². The fourth-order valence-corrected chi connectivity index (χ4v) is 2.92. The van der Waals surface area contributed by atoms with Gasteiger partial charge in [-0.15, -0.1) is 0 Å². The normalized spacial score (nSPS) is 19.8. The number of nitrogens with two attached hydrogens (primary N) is 1. The van der Waals surface area contributed by atoms with Gasteiger partial charge in [0.1, 0.15) is 5.75 Å². The molecule has 2 rings (SSSR count). The molecule has 0 saturated carbocycles. The van der Waals surface area contributed by atoms with Gasteiger partial charge in [-0.3, -0.25) is 4.90 Å². The van der Waals surface area contributed by atoms with Gasteiger partial charge < -0.3 is 10.5 Å². The maximum atomic E-state index is 6.22. The third kappa shape index (κ3) is 2.68. The van der Waals surface area contributed by atoms with Crippen LogP contribution in [0.4, 0.5) is 0 Å². The Morgan fingerprint density at radius 2 is 1.94 bits per heavy atom. The van der Waals surface area contributed by atoms with Crippen LogP contribution >= 0.6 is 0 Å². The molecule has 1 fully saturated rings. The van der Waals surface area contributed by atoms with Crippen molar-refractivity contribution < 1.29 is 4.74 Å². The summed E-state index contributed by atoms with van der Waals surface area (Å²) < 4.78 is 5.51. The van der Waals surface area contributed by atoms with Crippen molar-refractivity contribution in [2.75, 3.05) is 20.2 Å². The van der Waals surface area contributed by atoms with Gasteiger partial charge in [0.2, 0.25) is 0 Å². The van der Waals surface area contributed by atoms with Crippen LogP contribution in [0, 0.1) is 6.92 Å². The van der Waals surface area contributed by atoms with E-state index in [0.29, 0.717) is 0 Å². The van der Waals surface area contributed by atoms with Gasteiger partial charge in [0.25, 0.3) is 0 Å². The van der Waals surface area contributed by atoms with E-state index in [1.807, 2.05) is 0 Å². The van der Waals surface area contributed by atoms with Gasteiger partial charge in [-0.1, -0.05) is 17.7 Å². The minimum atomic E-state index is 0.110. The zero-order valence-corrected chi connectivity index (χ0v) is 11.6. The molecule has 0 aromatic heterocycles. The Balaban J connectivity index is 2.37. The van der Waals surface area contributed by atoms with Crippen molar-refractivity contribution in [1.82, 2.24) is 4.90 Å². The van der Waals surface area contributed by atoms with Crippen molar-refractivity contribution in [3.63, 3.8) is 0 Å². The molecule has 0 amide bonds. The Morgan fingerprint density at radius 1 is 1.28 bits per heavy atom. The van der Waals surface area contributed by atoms with E-state index in [-0.39, 0.29) is 12.1 Å². The molecule has 2 N–H and O–H groups in total. The molecule has 0 bridgehead atoms. The van der Waals surface area contributed by atoms with E-state index in [1.165, 1.54) is 24.0 Å². The topological polar surface area (TPSA) is 38.5 Å². The molecule has 0 radical (unpaired) electrons. The summed E-state index contributed by atoms with van der Waals surface area (Å²) in [7, 11) is 1.73. The number of benzene rings is 1. The Kier molecular flexibility index (Phi) is 4.25. The molecule has 1 heterocycles. The molecule has 1 aromatic rings. The number of hydrogen-bond donors (Lipinski definition) is 1. The largest absolute Gasteiger partial charge is 0.496 e. The lowest BCUT2D eigenvalue weighted by atomic mass is 9.97. The second kappa shape index (κ2) is 5.72. The van der Waals surface area contributed by atoms with Crippen molar-refractivity contribution in [1.29, 1.82) is 0 Å². The second-order valence-corrected chi connectivity index (χ2v) is 5.29. The van der Waals surface area contributed by atoms with E-state index in [9.17, 15) is 0 Å². The molecule has 0 aliphatic carbocycles. The summed E-state index contributed by atoms with van der Waals surface area (Å²) >= 11 is 0. The highest BCUT2D eigenvalue weighted by Crippen LogP contribution is 2.34. The lowest BCUT2D eigenvalue weighted by Gasteiger charge is -2.32. The van der Waals surface area contributed by atoms with Crippen LogP contribution in [0.5, 0.6) is 5.75 Å². The summed E-state index contributed by atoms with van der Waals surface area (Å²) in [4.78, 5) is 2.49. The Labute approximate surface area is 110 Å². The maximum absolute atomic E-state index is 6.22. The molecule has 3 heteroatoms. The lowest BCUT2D eigenvalue weighted by Crippen LogP contribution is -2.38. The van der Waals surface area contributed by atoms with E-state index in [2.05, 4.69) is 36.9 Å². The second-order valence-electron chi connectivity index (χ2n) is 5.29. The fraction of sp³-hybridized carbons (Fsp3) is 0.600. The van der Waals surface area contributed by atoms with E-state index in [1.54, 1.807) is 7.11 Å². The van der Waals surface area contributed by atoms with E-state index >= 15 is 0 Å². The zero-order valence-electron chi connectivity index (χ0n) is 11.6. The van der Waals surface area contributed by atoms with Crippen molar-refractivity contribution >= 4 is 0 Å². The molecular weight excluding hydrogens is 224 g/mol. The van der Waals surface area contributed by atoms with Crippen LogP contribution in [0.1, 0.15) is 36.9 Å². The van der Waals surface area contributed by atoms with Gasteiger partial charge in [-0.2, -0.15) is 0 Å². The maximum Gasteiger partial charge on any atom is 0.123 e. The number of aryl methyl sites for hydroxylation is 1. The summed E-state index contributed by atoms with van der Waals surface area (Å²) in [6, 6.07) is 6.73. The number of likely N-dealkylation sites (tertiary alicyclic amines) is 1. The molecule has 1 aromatic carbocycles. The van der Waals surface area contributed by atoms with Gasteiger partial charge >= 0.3 is 0 Å². The summed E-state index contributed by atoms with van der Waals surface area (Å²) in [5.41, 5.74) is 8.72. The number of rotatable bonds is 4. The molecule has 3 nitrogen and oxygen atoms in total. The van der Waals surface area contributed by atoms with Gasteiger partial charge in [0.05, 0.1) is 13.2 Å². The Bertz CT molecular complexity index is 397. The van der Waals surface area contributed by atoms with Crippen LogP contribution in [0.3, 0.4) is 0 Å². The first kappa shape index (κ1) is 13.4. The van der Waals surface area contributed by atoms with Gasteiger partial charge in [0, 0.05) is 11.6 Å². The molecular formula is C15H24N2O. The first-order valence-electron chi connectivity index (χ1n) is 6.77. The van der Waals surface area contributed by atoms with Crippen molar-refractivity contribution in [3.8, 4) is 5.75 Å². The number of methoxy groups -OCH3 is 1. The van der Waals surface area contributed by atoms with Crippen molar-refractivity contribution in [3.05, 3.63) is 29.3 Å². The highest BCUT2D eigenvalue weighted by molar-refractivity contribution is 5.40. The molecule has 100 valence electrons. The van der Waals surface area contributed by atoms with Crippen molar-refractivity contribution in [2.45, 2.75) is 38.8 Å². The SMILES string of the molecule is COc1ccc(C)cc1C(C(C)N)N1CCCC1. The average molecular weight is 248 g/mol. The minimum Gasteiger partial charge on any atom is -0.496 e. The highest BCUT2D eigenvalue weighted by Gasteiger charge is 2.28. The summed E-state index contributed by atoms with van der Waals surface area (Å²) in [5.74, 6) is 0.954. The number of hydrogen-bond acceptors (Lipinski definition) is 3. The molecule has 1 aliphatic rings. The van der Waals surface area contributed by atoms with Gasteiger partial charge in [-0.25, -0.2) is 0 Å². The van der Waals surface area contributed by atoms with Crippen LogP contribution in [0.15, 0.2) is 18.2 Å². The molecule has 1 saturated heterocycles. The molecule has 18 heavy (non-hydrogen) atoms. The lowest BCUT2D eigenvalue weighted by molar-refractivity contribution is 0.214. The third-order valence-electron chi connectivity index (χ3n) is 3.74. The first-order valence-corrected chi connectivity index (χ1v) is 6.77. The molecule has 0 spiro atoms. The van der Waals surface area contributed by atoms with Crippen LogP contribution in [-0.4, -0.2) is 31.1 Å². The van der Waals surface area contributed by atoms with Crippen molar-refractivity contribution in [2.24, 2.45) is 5.73 Å². The number of ether oxygens (including phenoxy) is 1. The van der Waals surface area contributed by atoms with Crippen LogP contribution in [0.2, 0.25) is 0 Å². The Morgan fingerprint density at radius 3 is 2.50 bits per heavy atom. The minimum absolute atomic E-state index is 0.110. The van der Waals surface area contributed by atoms with Gasteiger partial charge in [0.15, 0.2) is 0 Å². The van der Waals surface area contributed by atoms with Gasteiger partial charge in [-0.05, 0) is 45.8 Å². The first-order chi connectivity index (χ1) is 8.63. The summed E-state index contributed by atoms with van der Waals surface area (Å²) in [6.07, 6.45) is 2.55. The van der Waals surface area contributed by atoms with E-state index in [4.69, 9.17) is 10.5 Å². The zero-order chi connectivity index (χ0) is 13.1. The molecule has 1 aliphatic heterocycles. The quantitative estimate of drug-likeness (QED) is 0.889. The summed E-state index contributed by atoms with van der Waals surface area (Å²) in [5, 5.41) is 0.